The predicted molar refractivity (Wildman–Crippen MR) is 121 cm³/mol. The molecule has 0 spiro atoms. The molecule has 0 saturated heterocycles. The van der Waals surface area contributed by atoms with E-state index in [1.807, 2.05) is 3.33 Å². The van der Waals surface area contributed by atoms with E-state index in [1.165, 1.54) is 25.7 Å². The van der Waals surface area contributed by atoms with Gasteiger partial charge >= 0.3 is 178 Å². The summed E-state index contributed by atoms with van der Waals surface area (Å²) in [4.78, 5) is 0. The Hall–Kier alpha value is -0.690. The van der Waals surface area contributed by atoms with Gasteiger partial charge in [0.2, 0.25) is 0 Å². The second-order valence-corrected chi connectivity index (χ2v) is 28.0. The van der Waals surface area contributed by atoms with Gasteiger partial charge in [-0.15, -0.1) is 0 Å². The number of fused-ring (bicyclic) bond motifs is 3. The van der Waals surface area contributed by atoms with E-state index in [-0.39, 0.29) is 0 Å². The quantitative estimate of drug-likeness (QED) is 0.339. The van der Waals surface area contributed by atoms with Crippen molar-refractivity contribution in [1.29, 1.82) is 0 Å². The first-order chi connectivity index (χ1) is 13.0. The second-order valence-electron chi connectivity index (χ2n) is 10.6. The van der Waals surface area contributed by atoms with E-state index in [4.69, 9.17) is 0 Å². The molecular weight excluding hydrogens is 503 g/mol. The topological polar surface area (TPSA) is 0 Å². The van der Waals surface area contributed by atoms with Crippen molar-refractivity contribution < 1.29 is 20.0 Å². The Labute approximate surface area is 177 Å². The van der Waals surface area contributed by atoms with Crippen LogP contribution in [0.2, 0.25) is 12.5 Å². The van der Waals surface area contributed by atoms with Crippen LogP contribution in [0.4, 0.5) is 0 Å². The summed E-state index contributed by atoms with van der Waals surface area (Å²) in [5.41, 5.74) is 14.9. The first kappa shape index (κ1) is 20.6. The first-order valence-electron chi connectivity index (χ1n) is 11.3. The molecule has 4 rings (SSSR count). The molecule has 0 N–H and O–H groups in total. The van der Waals surface area contributed by atoms with Gasteiger partial charge in [-0.1, -0.05) is 0 Å². The monoisotopic (exact) mass is 542 g/mol. The summed E-state index contributed by atoms with van der Waals surface area (Å²) < 4.78 is 7.73. The van der Waals surface area contributed by atoms with Gasteiger partial charge in [0, 0.05) is 0 Å². The molecule has 1 heteroatoms. The molecule has 28 heavy (non-hydrogen) atoms. The van der Waals surface area contributed by atoms with Crippen LogP contribution in [-0.4, -0.2) is 0 Å². The zero-order valence-electron chi connectivity index (χ0n) is 19.6. The summed E-state index contributed by atoms with van der Waals surface area (Å²) in [6.07, 6.45) is 5.17. The van der Waals surface area contributed by atoms with E-state index in [1.54, 1.807) is 50.1 Å². The Morgan fingerprint density at radius 2 is 1.46 bits per heavy atom. The molecule has 3 aliphatic carbocycles. The molecule has 0 bridgehead atoms. The van der Waals surface area contributed by atoms with Gasteiger partial charge in [-0.3, -0.25) is 0 Å². The molecule has 0 aliphatic heterocycles. The van der Waals surface area contributed by atoms with Gasteiger partial charge in [0.25, 0.3) is 0 Å². The van der Waals surface area contributed by atoms with Crippen molar-refractivity contribution in [1.82, 2.24) is 0 Å². The Balaban J connectivity index is 1.95. The molecule has 0 fully saturated rings. The Bertz CT molecular complexity index is 938. The van der Waals surface area contributed by atoms with Gasteiger partial charge in [0.05, 0.1) is 0 Å². The van der Waals surface area contributed by atoms with Gasteiger partial charge in [-0.2, -0.15) is 0 Å². The number of hydrogen-bond donors (Lipinski definition) is 0. The maximum absolute atomic E-state index is 2.88. The molecule has 1 aromatic rings. The number of allylic oxidation sites excluding steroid dienone is 6. The summed E-state index contributed by atoms with van der Waals surface area (Å²) in [7, 11) is 0. The molecular formula is C27H38Hf. The Morgan fingerprint density at radius 3 is 2.04 bits per heavy atom. The van der Waals surface area contributed by atoms with Crippen LogP contribution >= 0.6 is 0 Å². The minimum absolute atomic E-state index is 0.321. The normalized spacial score (nSPS) is 21.4. The van der Waals surface area contributed by atoms with Crippen molar-refractivity contribution >= 4 is 5.57 Å². The predicted octanol–water partition coefficient (Wildman–Crippen LogP) is 8.21. The Kier molecular flexibility index (Phi) is 4.89. The number of hydrogen-bond acceptors (Lipinski definition) is 0. The minimum atomic E-state index is -2.88. The zero-order chi connectivity index (χ0) is 20.6. The second kappa shape index (κ2) is 6.66. The molecule has 0 heterocycles. The molecule has 0 radical (unpaired) electrons. The SMILES string of the molecule is CC1=C(C)[C](C)([Hf]([CH3])([CH3])[C]2=C(C(C)C)c3c(ccc4c3CCC4)C2)C(C)=C1C. The van der Waals surface area contributed by atoms with Gasteiger partial charge in [-0.05, 0) is 0 Å². The van der Waals surface area contributed by atoms with Gasteiger partial charge < -0.3 is 0 Å². The molecule has 0 atom stereocenters. The average molecular weight is 541 g/mol. The number of aryl methyl sites for hydroxylation is 1. The van der Waals surface area contributed by atoms with Crippen molar-refractivity contribution in [3.05, 3.63) is 60.0 Å². The van der Waals surface area contributed by atoms with Crippen molar-refractivity contribution in [3.63, 3.8) is 0 Å². The molecule has 0 amide bonds. The third-order valence-corrected chi connectivity index (χ3v) is 27.8. The van der Waals surface area contributed by atoms with E-state index in [9.17, 15) is 0 Å². The summed E-state index contributed by atoms with van der Waals surface area (Å²) in [5.74, 6) is 0.628. The molecule has 0 unspecified atom stereocenters. The van der Waals surface area contributed by atoms with E-state index in [2.05, 4.69) is 70.0 Å². The maximum atomic E-state index is 2.75. The fourth-order valence-corrected chi connectivity index (χ4v) is 23.1. The van der Waals surface area contributed by atoms with Gasteiger partial charge in [-0.25, -0.2) is 0 Å². The van der Waals surface area contributed by atoms with Crippen LogP contribution in [0.1, 0.15) is 77.1 Å². The van der Waals surface area contributed by atoms with E-state index in [0.29, 0.717) is 9.09 Å². The summed E-state index contributed by atoms with van der Waals surface area (Å²) in [6.45, 7) is 17.1. The third-order valence-electron chi connectivity index (χ3n) is 9.10. The number of rotatable bonds is 3. The van der Waals surface area contributed by atoms with Crippen molar-refractivity contribution in [2.75, 3.05) is 0 Å². The average Bonchev–Trinajstić information content (AvgIpc) is 3.31. The fourth-order valence-electron chi connectivity index (χ4n) is 6.66. The first-order valence-corrected chi connectivity index (χ1v) is 22.0. The molecule has 150 valence electrons. The summed E-state index contributed by atoms with van der Waals surface area (Å²) in [5, 5.41) is 0. The fraction of sp³-hybridized carbons (Fsp3) is 0.556. The van der Waals surface area contributed by atoms with Crippen LogP contribution in [0.5, 0.6) is 0 Å². The molecule has 3 aliphatic rings. The Morgan fingerprint density at radius 1 is 0.893 bits per heavy atom. The van der Waals surface area contributed by atoms with E-state index >= 15 is 0 Å². The van der Waals surface area contributed by atoms with Crippen molar-refractivity contribution in [3.8, 4) is 0 Å². The zero-order valence-corrected chi connectivity index (χ0v) is 23.2. The van der Waals surface area contributed by atoms with Crippen LogP contribution in [-0.2, 0) is 39.2 Å². The molecule has 0 nitrogen and oxygen atoms in total. The van der Waals surface area contributed by atoms with Crippen LogP contribution in [0, 0.1) is 5.92 Å². The van der Waals surface area contributed by atoms with Crippen molar-refractivity contribution in [2.45, 2.75) is 86.7 Å². The van der Waals surface area contributed by atoms with Gasteiger partial charge in [0.15, 0.2) is 0 Å². The van der Waals surface area contributed by atoms with Crippen LogP contribution in [0.3, 0.4) is 0 Å². The number of benzene rings is 1. The standard InChI is InChI=1S/C15H17.C10H15.2CH3.Hf/c1-10(2)13-9-8-12-7-6-11-4-3-5-14(11)15(12)13;1-6-7(2)9(4)10(5)8(6)3;;;/h6-7,10H,3-5,8H2,1-2H3;1-5H3;2*1H3;. The third kappa shape index (κ3) is 2.50. The molecule has 1 aromatic carbocycles. The van der Waals surface area contributed by atoms with Gasteiger partial charge in [0.1, 0.15) is 0 Å². The molecule has 0 aromatic heterocycles. The summed E-state index contributed by atoms with van der Waals surface area (Å²) >= 11 is -2.88. The molecule has 0 saturated carbocycles. The van der Waals surface area contributed by atoms with E-state index in [0.717, 1.165) is 0 Å². The van der Waals surface area contributed by atoms with Crippen LogP contribution < -0.4 is 0 Å². The van der Waals surface area contributed by atoms with Crippen molar-refractivity contribution in [2.24, 2.45) is 5.92 Å². The van der Waals surface area contributed by atoms with Crippen LogP contribution in [0.25, 0.3) is 5.57 Å². The van der Waals surface area contributed by atoms with Crippen LogP contribution in [0.15, 0.2) is 37.8 Å². The van der Waals surface area contributed by atoms with E-state index < -0.39 is 20.0 Å². The summed E-state index contributed by atoms with van der Waals surface area (Å²) in [6, 6.07) is 4.94.